The molecule has 1 saturated heterocycles. The number of nitrogens with two attached hydrogens (primary N) is 1. The highest BCUT2D eigenvalue weighted by Crippen LogP contribution is 2.25. The van der Waals surface area contributed by atoms with Gasteiger partial charge in [-0.15, -0.1) is 0 Å². The molecule has 19 heavy (non-hydrogen) atoms. The minimum absolute atomic E-state index is 0.470. The Balaban J connectivity index is 1.98. The van der Waals surface area contributed by atoms with Crippen LogP contribution in [0.3, 0.4) is 0 Å². The summed E-state index contributed by atoms with van der Waals surface area (Å²) in [4.78, 5) is 26.4. The number of hydrazine groups is 1. The summed E-state index contributed by atoms with van der Waals surface area (Å²) in [7, 11) is 0. The molecule has 102 valence electrons. The third kappa shape index (κ3) is 2.97. The Kier molecular flexibility index (Phi) is 4.24. The number of nitrogens with zero attached hydrogens (tertiary/aromatic N) is 2. The third-order valence-electron chi connectivity index (χ3n) is 3.09. The fourth-order valence-electron chi connectivity index (χ4n) is 2.06. The lowest BCUT2D eigenvalue weighted by Gasteiger charge is -2.36. The first-order chi connectivity index (χ1) is 9.13. The molecule has 1 heterocycles. The van der Waals surface area contributed by atoms with Crippen LogP contribution in [0.4, 0.5) is 5.69 Å². The molecule has 0 bridgehead atoms. The van der Waals surface area contributed by atoms with Gasteiger partial charge in [0, 0.05) is 26.2 Å². The van der Waals surface area contributed by atoms with Gasteiger partial charge in [-0.05, 0) is 12.1 Å². The van der Waals surface area contributed by atoms with Crippen molar-refractivity contribution in [1.29, 1.82) is 0 Å². The number of amides is 2. The van der Waals surface area contributed by atoms with Gasteiger partial charge in [-0.3, -0.25) is 15.0 Å². The average molecular weight is 283 g/mol. The summed E-state index contributed by atoms with van der Waals surface area (Å²) in [5.74, 6) is 3.56. The molecule has 2 rings (SSSR count). The van der Waals surface area contributed by atoms with Gasteiger partial charge in [-0.25, -0.2) is 5.84 Å². The fraction of sp³-hybridized carbons (Fsp3) is 0.333. The normalized spacial score (nSPS) is 15.3. The summed E-state index contributed by atoms with van der Waals surface area (Å²) in [5, 5.41) is 0.682. The van der Waals surface area contributed by atoms with E-state index >= 15 is 0 Å². The van der Waals surface area contributed by atoms with Crippen molar-refractivity contribution in [2.45, 2.75) is 0 Å². The van der Waals surface area contributed by atoms with Crippen LogP contribution < -0.4 is 16.2 Å². The number of piperazine rings is 1. The van der Waals surface area contributed by atoms with E-state index in [9.17, 15) is 9.59 Å². The summed E-state index contributed by atoms with van der Waals surface area (Å²) in [6.45, 7) is 2.20. The largest absolute Gasteiger partial charge is 0.367 e. The van der Waals surface area contributed by atoms with Crippen LogP contribution in [0.1, 0.15) is 0 Å². The van der Waals surface area contributed by atoms with Crippen molar-refractivity contribution in [3.63, 3.8) is 0 Å². The van der Waals surface area contributed by atoms with E-state index in [1.807, 2.05) is 29.7 Å². The lowest BCUT2D eigenvalue weighted by atomic mass is 10.2. The molecule has 1 aliphatic heterocycles. The Hall–Kier alpha value is -1.79. The summed E-state index contributed by atoms with van der Waals surface area (Å²) in [6.07, 6.45) is 0. The van der Waals surface area contributed by atoms with E-state index < -0.39 is 11.8 Å². The summed E-state index contributed by atoms with van der Waals surface area (Å²) in [5.41, 5.74) is 2.79. The highest BCUT2D eigenvalue weighted by Gasteiger charge is 2.25. The molecule has 0 saturated carbocycles. The molecule has 7 heteroatoms. The smallest absolute Gasteiger partial charge is 0.323 e. The molecule has 1 aliphatic rings. The zero-order valence-electron chi connectivity index (χ0n) is 10.3. The van der Waals surface area contributed by atoms with Gasteiger partial charge in [-0.1, -0.05) is 23.7 Å². The standard InChI is InChI=1S/C12H15ClN4O2/c13-9-3-1-2-4-10(9)16-5-7-17(8-6-16)12(19)11(18)15-14/h1-4H,5-8,14H2,(H,15,18). The number of rotatable bonds is 1. The van der Waals surface area contributed by atoms with E-state index in [4.69, 9.17) is 17.4 Å². The van der Waals surface area contributed by atoms with Crippen LogP contribution in [-0.4, -0.2) is 42.9 Å². The van der Waals surface area contributed by atoms with E-state index in [1.54, 1.807) is 0 Å². The first-order valence-electron chi connectivity index (χ1n) is 5.93. The van der Waals surface area contributed by atoms with Crippen LogP contribution in [0.5, 0.6) is 0 Å². The number of benzene rings is 1. The molecule has 0 atom stereocenters. The first kappa shape index (κ1) is 13.6. The molecular formula is C12H15ClN4O2. The zero-order chi connectivity index (χ0) is 13.8. The van der Waals surface area contributed by atoms with Gasteiger partial charge in [0.05, 0.1) is 10.7 Å². The molecule has 0 radical (unpaired) electrons. The Labute approximate surface area is 116 Å². The highest BCUT2D eigenvalue weighted by atomic mass is 35.5. The van der Waals surface area contributed by atoms with E-state index in [0.717, 1.165) is 5.69 Å². The second kappa shape index (κ2) is 5.90. The van der Waals surface area contributed by atoms with Crippen LogP contribution in [0, 0.1) is 0 Å². The summed E-state index contributed by atoms with van der Waals surface area (Å²) in [6, 6.07) is 7.56. The number of hydrogen-bond acceptors (Lipinski definition) is 4. The number of carbonyl (C=O) groups excluding carboxylic acids is 2. The second-order valence-corrected chi connectivity index (χ2v) is 4.61. The van der Waals surface area contributed by atoms with Gasteiger partial charge < -0.3 is 9.80 Å². The van der Waals surface area contributed by atoms with Crippen LogP contribution in [0.2, 0.25) is 5.02 Å². The van der Waals surface area contributed by atoms with Gasteiger partial charge in [0.25, 0.3) is 0 Å². The van der Waals surface area contributed by atoms with Gasteiger partial charge >= 0.3 is 11.8 Å². The molecule has 2 amide bonds. The third-order valence-corrected chi connectivity index (χ3v) is 3.40. The number of nitrogens with one attached hydrogen (secondary N) is 1. The molecule has 1 aromatic carbocycles. The van der Waals surface area contributed by atoms with E-state index in [-0.39, 0.29) is 0 Å². The van der Waals surface area contributed by atoms with Crippen molar-refractivity contribution < 1.29 is 9.59 Å². The predicted octanol–water partition coefficient (Wildman–Crippen LogP) is -0.0215. The second-order valence-electron chi connectivity index (χ2n) is 4.20. The average Bonchev–Trinajstić information content (AvgIpc) is 2.46. The number of carbonyl (C=O) groups is 2. The van der Waals surface area contributed by atoms with Gasteiger partial charge in [-0.2, -0.15) is 0 Å². The Morgan fingerprint density at radius 1 is 1.16 bits per heavy atom. The minimum atomic E-state index is -0.786. The van der Waals surface area contributed by atoms with Crippen molar-refractivity contribution >= 4 is 29.1 Å². The van der Waals surface area contributed by atoms with Crippen molar-refractivity contribution in [3.05, 3.63) is 29.3 Å². The van der Waals surface area contributed by atoms with Crippen molar-refractivity contribution in [3.8, 4) is 0 Å². The Bertz CT molecular complexity index is 486. The maximum Gasteiger partial charge on any atom is 0.323 e. The molecule has 6 nitrogen and oxygen atoms in total. The lowest BCUT2D eigenvalue weighted by molar-refractivity contribution is -0.146. The number of anilines is 1. The molecular weight excluding hydrogens is 268 g/mol. The van der Waals surface area contributed by atoms with Crippen molar-refractivity contribution in [1.82, 2.24) is 10.3 Å². The monoisotopic (exact) mass is 282 g/mol. The SMILES string of the molecule is NNC(=O)C(=O)N1CCN(c2ccccc2Cl)CC1. The quantitative estimate of drug-likeness (QED) is 0.328. The number of hydrogen-bond donors (Lipinski definition) is 2. The van der Waals surface area contributed by atoms with Crippen LogP contribution >= 0.6 is 11.6 Å². The molecule has 1 fully saturated rings. The highest BCUT2D eigenvalue weighted by molar-refractivity contribution is 6.35. The minimum Gasteiger partial charge on any atom is -0.367 e. The number of para-hydroxylation sites is 1. The molecule has 0 spiro atoms. The van der Waals surface area contributed by atoms with Crippen LogP contribution in [0.15, 0.2) is 24.3 Å². The molecule has 3 N–H and O–H groups in total. The van der Waals surface area contributed by atoms with Crippen LogP contribution in [0.25, 0.3) is 0 Å². The van der Waals surface area contributed by atoms with Gasteiger partial charge in [0.2, 0.25) is 0 Å². The van der Waals surface area contributed by atoms with Crippen LogP contribution in [-0.2, 0) is 9.59 Å². The fourth-order valence-corrected chi connectivity index (χ4v) is 2.32. The van der Waals surface area contributed by atoms with E-state index in [2.05, 4.69) is 4.90 Å². The molecule has 0 aromatic heterocycles. The van der Waals surface area contributed by atoms with Crippen molar-refractivity contribution in [2.75, 3.05) is 31.1 Å². The predicted molar refractivity (Wildman–Crippen MR) is 72.6 cm³/mol. The Morgan fingerprint density at radius 2 is 1.79 bits per heavy atom. The molecule has 0 unspecified atom stereocenters. The van der Waals surface area contributed by atoms with Crippen molar-refractivity contribution in [2.24, 2.45) is 5.84 Å². The van der Waals surface area contributed by atoms with E-state index in [0.29, 0.717) is 31.2 Å². The topological polar surface area (TPSA) is 78.7 Å². The molecule has 0 aliphatic carbocycles. The number of halogens is 1. The van der Waals surface area contributed by atoms with Gasteiger partial charge in [0.15, 0.2) is 0 Å². The first-order valence-corrected chi connectivity index (χ1v) is 6.30. The summed E-state index contributed by atoms with van der Waals surface area (Å²) < 4.78 is 0. The lowest BCUT2D eigenvalue weighted by Crippen LogP contribution is -2.53. The molecule has 1 aromatic rings. The maximum absolute atomic E-state index is 11.6. The van der Waals surface area contributed by atoms with E-state index in [1.165, 1.54) is 4.90 Å². The Morgan fingerprint density at radius 3 is 2.37 bits per heavy atom. The van der Waals surface area contributed by atoms with Gasteiger partial charge in [0.1, 0.15) is 0 Å². The maximum atomic E-state index is 11.6. The zero-order valence-corrected chi connectivity index (χ0v) is 11.1. The summed E-state index contributed by atoms with van der Waals surface area (Å²) >= 11 is 6.13.